The van der Waals surface area contributed by atoms with E-state index in [9.17, 15) is 14.9 Å². The van der Waals surface area contributed by atoms with Gasteiger partial charge in [0.15, 0.2) is 0 Å². The standard InChI is InChI=1S/C22H21N3O2/c1-13-5-14(2)8-17(7-13)21(26)20-11-19(12-23)25(24-20)22(27)18-9-15(3)6-16(4)10-18/h5-10,19H,11H2,1-4H3. The molecule has 0 N–H and O–H groups in total. The van der Waals surface area contributed by atoms with Gasteiger partial charge in [-0.3, -0.25) is 9.59 Å². The highest BCUT2D eigenvalue weighted by atomic mass is 16.2. The Morgan fingerprint density at radius 1 is 0.926 bits per heavy atom. The van der Waals surface area contributed by atoms with E-state index in [0.717, 1.165) is 27.3 Å². The normalized spacial score (nSPS) is 16.0. The molecule has 1 atom stereocenters. The summed E-state index contributed by atoms with van der Waals surface area (Å²) in [6.45, 7) is 7.67. The lowest BCUT2D eigenvalue weighted by molar-refractivity contribution is 0.0745. The molecule has 2 aromatic carbocycles. The molecule has 0 fully saturated rings. The number of carbonyl (C=O) groups is 2. The average molecular weight is 359 g/mol. The molecular weight excluding hydrogens is 338 g/mol. The van der Waals surface area contributed by atoms with E-state index in [2.05, 4.69) is 11.2 Å². The van der Waals surface area contributed by atoms with Crippen LogP contribution in [0.25, 0.3) is 0 Å². The third-order valence-electron chi connectivity index (χ3n) is 4.48. The van der Waals surface area contributed by atoms with Gasteiger partial charge in [0.05, 0.1) is 6.07 Å². The van der Waals surface area contributed by atoms with Crippen molar-refractivity contribution in [2.45, 2.75) is 40.2 Å². The molecule has 136 valence electrons. The first-order valence-electron chi connectivity index (χ1n) is 8.80. The molecule has 0 bridgehead atoms. The molecule has 5 heteroatoms. The van der Waals surface area contributed by atoms with Crippen molar-refractivity contribution in [3.05, 3.63) is 69.8 Å². The van der Waals surface area contributed by atoms with Gasteiger partial charge >= 0.3 is 0 Å². The van der Waals surface area contributed by atoms with Crippen molar-refractivity contribution in [2.75, 3.05) is 0 Å². The summed E-state index contributed by atoms with van der Waals surface area (Å²) in [5, 5.41) is 14.9. The number of benzene rings is 2. The highest BCUT2D eigenvalue weighted by molar-refractivity contribution is 6.46. The van der Waals surface area contributed by atoms with E-state index in [0.29, 0.717) is 11.1 Å². The van der Waals surface area contributed by atoms with Crippen LogP contribution in [0.3, 0.4) is 0 Å². The number of amides is 1. The predicted octanol–water partition coefficient (Wildman–Crippen LogP) is 3.90. The Bertz CT molecular complexity index is 974. The van der Waals surface area contributed by atoms with E-state index in [4.69, 9.17) is 0 Å². The van der Waals surface area contributed by atoms with Gasteiger partial charge in [-0.15, -0.1) is 0 Å². The van der Waals surface area contributed by atoms with Gasteiger partial charge in [-0.05, 0) is 52.0 Å². The van der Waals surface area contributed by atoms with E-state index in [1.165, 1.54) is 0 Å². The molecule has 0 aliphatic carbocycles. The summed E-state index contributed by atoms with van der Waals surface area (Å²) in [6.07, 6.45) is 0.138. The van der Waals surface area contributed by atoms with Crippen LogP contribution in [0.1, 0.15) is 49.4 Å². The third kappa shape index (κ3) is 3.80. The Morgan fingerprint density at radius 3 is 1.89 bits per heavy atom. The summed E-state index contributed by atoms with van der Waals surface area (Å²) in [5.41, 5.74) is 5.13. The van der Waals surface area contributed by atoms with Crippen LogP contribution in [0.2, 0.25) is 0 Å². The van der Waals surface area contributed by atoms with Crippen molar-refractivity contribution in [3.63, 3.8) is 0 Å². The van der Waals surface area contributed by atoms with Gasteiger partial charge in [0, 0.05) is 17.5 Å². The van der Waals surface area contributed by atoms with Crippen LogP contribution >= 0.6 is 0 Å². The Morgan fingerprint density at radius 2 is 1.41 bits per heavy atom. The topological polar surface area (TPSA) is 73.5 Å². The quantitative estimate of drug-likeness (QED) is 0.780. The molecule has 0 saturated heterocycles. The Kier molecular flexibility index (Phi) is 4.91. The third-order valence-corrected chi connectivity index (χ3v) is 4.48. The highest BCUT2D eigenvalue weighted by Gasteiger charge is 2.35. The van der Waals surface area contributed by atoms with Gasteiger partial charge in [0.1, 0.15) is 11.8 Å². The number of ketones is 1. The molecule has 1 aliphatic rings. The molecule has 0 spiro atoms. The van der Waals surface area contributed by atoms with Crippen molar-refractivity contribution in [1.29, 1.82) is 5.26 Å². The fourth-order valence-corrected chi connectivity index (χ4v) is 3.44. The van der Waals surface area contributed by atoms with E-state index in [-0.39, 0.29) is 23.8 Å². The number of hydrazone groups is 1. The molecule has 0 aromatic heterocycles. The van der Waals surface area contributed by atoms with E-state index < -0.39 is 6.04 Å². The van der Waals surface area contributed by atoms with Crippen LogP contribution < -0.4 is 0 Å². The van der Waals surface area contributed by atoms with Crippen LogP contribution in [0.15, 0.2) is 41.5 Å². The lowest BCUT2D eigenvalue weighted by Crippen LogP contribution is -2.31. The summed E-state index contributed by atoms with van der Waals surface area (Å²) in [4.78, 5) is 25.7. The monoisotopic (exact) mass is 359 g/mol. The second-order valence-corrected chi connectivity index (χ2v) is 7.13. The van der Waals surface area contributed by atoms with Crippen LogP contribution in [0, 0.1) is 39.0 Å². The fourth-order valence-electron chi connectivity index (χ4n) is 3.44. The first-order valence-corrected chi connectivity index (χ1v) is 8.80. The largest absolute Gasteiger partial charge is 0.287 e. The van der Waals surface area contributed by atoms with Crippen LogP contribution in [-0.2, 0) is 0 Å². The maximum Gasteiger partial charge on any atom is 0.275 e. The van der Waals surface area contributed by atoms with E-state index in [1.54, 1.807) is 24.3 Å². The molecular formula is C22H21N3O2. The van der Waals surface area contributed by atoms with Crippen molar-refractivity contribution in [3.8, 4) is 6.07 Å². The maximum absolute atomic E-state index is 12.9. The summed E-state index contributed by atoms with van der Waals surface area (Å²) >= 11 is 0. The Labute approximate surface area is 158 Å². The van der Waals surface area contributed by atoms with Crippen molar-refractivity contribution in [2.24, 2.45) is 5.10 Å². The minimum Gasteiger partial charge on any atom is -0.287 e. The van der Waals surface area contributed by atoms with Gasteiger partial charge in [-0.25, -0.2) is 5.01 Å². The minimum atomic E-state index is -0.775. The summed E-state index contributed by atoms with van der Waals surface area (Å²) in [7, 11) is 0. The molecule has 27 heavy (non-hydrogen) atoms. The molecule has 3 rings (SSSR count). The number of nitriles is 1. The highest BCUT2D eigenvalue weighted by Crippen LogP contribution is 2.22. The van der Waals surface area contributed by atoms with Gasteiger partial charge in [-0.1, -0.05) is 34.4 Å². The van der Waals surface area contributed by atoms with Crippen LogP contribution in [-0.4, -0.2) is 28.5 Å². The summed E-state index contributed by atoms with van der Waals surface area (Å²) in [5.74, 6) is -0.602. The number of hydrogen-bond acceptors (Lipinski definition) is 4. The maximum atomic E-state index is 12.9. The molecule has 1 unspecified atom stereocenters. The van der Waals surface area contributed by atoms with Crippen molar-refractivity contribution < 1.29 is 9.59 Å². The summed E-state index contributed by atoms with van der Waals surface area (Å²) in [6, 6.07) is 12.4. The van der Waals surface area contributed by atoms with E-state index in [1.807, 2.05) is 39.8 Å². The van der Waals surface area contributed by atoms with Gasteiger partial charge < -0.3 is 0 Å². The van der Waals surface area contributed by atoms with Gasteiger partial charge in [0.2, 0.25) is 5.78 Å². The molecule has 0 saturated carbocycles. The number of rotatable bonds is 3. The molecule has 1 amide bonds. The lowest BCUT2D eigenvalue weighted by atomic mass is 9.99. The number of aryl methyl sites for hydroxylation is 4. The first kappa shape index (κ1) is 18.5. The number of carbonyl (C=O) groups excluding carboxylic acids is 2. The van der Waals surface area contributed by atoms with Crippen LogP contribution in [0.5, 0.6) is 0 Å². The second-order valence-electron chi connectivity index (χ2n) is 7.13. The zero-order valence-corrected chi connectivity index (χ0v) is 15.9. The lowest BCUT2D eigenvalue weighted by Gasteiger charge is -2.16. The average Bonchev–Trinajstić information content (AvgIpc) is 3.03. The van der Waals surface area contributed by atoms with E-state index >= 15 is 0 Å². The number of Topliss-reactive ketones (excluding diaryl/α,β-unsaturated/α-hetero) is 1. The fraction of sp³-hybridized carbons (Fsp3) is 0.273. The van der Waals surface area contributed by atoms with Crippen molar-refractivity contribution >= 4 is 17.4 Å². The number of hydrogen-bond donors (Lipinski definition) is 0. The second kappa shape index (κ2) is 7.16. The van der Waals surface area contributed by atoms with Crippen LogP contribution in [0.4, 0.5) is 0 Å². The zero-order valence-electron chi connectivity index (χ0n) is 15.9. The summed E-state index contributed by atoms with van der Waals surface area (Å²) < 4.78 is 0. The zero-order chi connectivity index (χ0) is 19.7. The smallest absolute Gasteiger partial charge is 0.275 e. The number of nitrogens with zero attached hydrogens (tertiary/aromatic N) is 3. The van der Waals surface area contributed by atoms with Gasteiger partial charge in [0.25, 0.3) is 5.91 Å². The minimum absolute atomic E-state index is 0.138. The SMILES string of the molecule is Cc1cc(C)cc(C(=O)C2=NN(C(=O)c3cc(C)cc(C)c3)C(C#N)C2)c1. The predicted molar refractivity (Wildman–Crippen MR) is 104 cm³/mol. The molecule has 0 radical (unpaired) electrons. The van der Waals surface area contributed by atoms with Gasteiger partial charge in [-0.2, -0.15) is 10.4 Å². The first-order chi connectivity index (χ1) is 12.8. The van der Waals surface area contributed by atoms with Crippen molar-refractivity contribution in [1.82, 2.24) is 5.01 Å². The molecule has 2 aromatic rings. The Balaban J connectivity index is 1.94. The Hall–Kier alpha value is -3.26. The molecule has 1 aliphatic heterocycles. The molecule has 1 heterocycles. The molecule has 5 nitrogen and oxygen atoms in total.